The van der Waals surface area contributed by atoms with E-state index in [0.717, 1.165) is 18.4 Å². The van der Waals surface area contributed by atoms with E-state index in [1.165, 1.54) is 16.8 Å². The van der Waals surface area contributed by atoms with Crippen LogP contribution in [-0.4, -0.2) is 9.97 Å². The van der Waals surface area contributed by atoms with Crippen molar-refractivity contribution in [1.82, 2.24) is 9.97 Å². The van der Waals surface area contributed by atoms with E-state index in [4.69, 9.17) is 0 Å². The van der Waals surface area contributed by atoms with Crippen molar-refractivity contribution in [1.29, 1.82) is 0 Å². The van der Waals surface area contributed by atoms with Crippen molar-refractivity contribution in [3.63, 3.8) is 0 Å². The number of hydrogen-bond acceptors (Lipinski definition) is 2. The standard InChI is InChI=1S/C23H33FN2/c1-14(2)19-11-21(24)23(26-12-19)17(6)9-8-16(5)20-10-18(7)22(15(3)4)25-13-20/h10-17H,8-9H2,1-7H3. The van der Waals surface area contributed by atoms with Gasteiger partial charge >= 0.3 is 0 Å². The van der Waals surface area contributed by atoms with Crippen LogP contribution in [0.15, 0.2) is 24.5 Å². The number of pyridine rings is 2. The Kier molecular flexibility index (Phi) is 6.91. The van der Waals surface area contributed by atoms with Gasteiger partial charge in [0.1, 0.15) is 5.82 Å². The third kappa shape index (κ3) is 4.90. The largest absolute Gasteiger partial charge is 0.260 e. The first-order valence-corrected chi connectivity index (χ1v) is 9.82. The van der Waals surface area contributed by atoms with Crippen LogP contribution in [-0.2, 0) is 0 Å². The molecule has 0 bridgehead atoms. The minimum atomic E-state index is -0.171. The van der Waals surface area contributed by atoms with E-state index >= 15 is 0 Å². The van der Waals surface area contributed by atoms with Crippen molar-refractivity contribution in [3.8, 4) is 0 Å². The van der Waals surface area contributed by atoms with Gasteiger partial charge in [0, 0.05) is 24.0 Å². The number of halogens is 1. The van der Waals surface area contributed by atoms with Crippen LogP contribution < -0.4 is 0 Å². The highest BCUT2D eigenvalue weighted by molar-refractivity contribution is 5.28. The van der Waals surface area contributed by atoms with Crippen molar-refractivity contribution in [2.24, 2.45) is 0 Å². The molecular formula is C23H33FN2. The second-order valence-electron chi connectivity index (χ2n) is 8.30. The van der Waals surface area contributed by atoms with E-state index in [1.807, 2.05) is 12.4 Å². The third-order valence-corrected chi connectivity index (χ3v) is 5.31. The molecule has 142 valence electrons. The van der Waals surface area contributed by atoms with Gasteiger partial charge in [0.25, 0.3) is 0 Å². The van der Waals surface area contributed by atoms with Crippen LogP contribution >= 0.6 is 0 Å². The van der Waals surface area contributed by atoms with Crippen LogP contribution in [0.5, 0.6) is 0 Å². The first kappa shape index (κ1) is 20.5. The predicted molar refractivity (Wildman–Crippen MR) is 107 cm³/mol. The SMILES string of the molecule is Cc1cc(C(C)CCC(C)c2ncc(C(C)C)cc2F)cnc1C(C)C. The molecule has 2 aromatic rings. The smallest absolute Gasteiger partial charge is 0.145 e. The summed E-state index contributed by atoms with van der Waals surface area (Å²) in [5.41, 5.74) is 5.24. The normalized spacial score (nSPS) is 14.1. The molecule has 2 aromatic heterocycles. The Balaban J connectivity index is 2.03. The Labute approximate surface area is 158 Å². The fourth-order valence-electron chi connectivity index (χ4n) is 3.43. The molecule has 0 fully saturated rings. The summed E-state index contributed by atoms with van der Waals surface area (Å²) in [4.78, 5) is 9.06. The van der Waals surface area contributed by atoms with Gasteiger partial charge in [-0.25, -0.2) is 4.39 Å². The van der Waals surface area contributed by atoms with Crippen molar-refractivity contribution in [2.75, 3.05) is 0 Å². The maximum atomic E-state index is 14.4. The summed E-state index contributed by atoms with van der Waals surface area (Å²) in [6, 6.07) is 3.90. The van der Waals surface area contributed by atoms with Crippen molar-refractivity contribution in [3.05, 3.63) is 58.4 Å². The van der Waals surface area contributed by atoms with Crippen LogP contribution in [0.1, 0.15) is 106 Å². The van der Waals surface area contributed by atoms with E-state index in [9.17, 15) is 4.39 Å². The number of aromatic nitrogens is 2. The lowest BCUT2D eigenvalue weighted by Crippen LogP contribution is -2.06. The van der Waals surface area contributed by atoms with Gasteiger partial charge in [0.05, 0.1) is 5.69 Å². The molecule has 2 nitrogen and oxygen atoms in total. The van der Waals surface area contributed by atoms with Crippen molar-refractivity contribution in [2.45, 2.75) is 85.0 Å². The van der Waals surface area contributed by atoms with E-state index in [2.05, 4.69) is 64.5 Å². The zero-order valence-electron chi connectivity index (χ0n) is 17.3. The van der Waals surface area contributed by atoms with Crippen LogP contribution in [0, 0.1) is 12.7 Å². The molecule has 0 aliphatic rings. The summed E-state index contributed by atoms with van der Waals surface area (Å²) in [5, 5.41) is 0. The van der Waals surface area contributed by atoms with Gasteiger partial charge in [-0.1, -0.05) is 47.6 Å². The van der Waals surface area contributed by atoms with Crippen molar-refractivity contribution < 1.29 is 4.39 Å². The Morgan fingerprint density at radius 2 is 1.35 bits per heavy atom. The topological polar surface area (TPSA) is 25.8 Å². The molecule has 0 saturated heterocycles. The maximum absolute atomic E-state index is 14.4. The average molecular weight is 357 g/mol. The molecule has 3 heteroatoms. The quantitative estimate of drug-likeness (QED) is 0.541. The molecule has 0 spiro atoms. The fourth-order valence-corrected chi connectivity index (χ4v) is 3.43. The van der Waals surface area contributed by atoms with E-state index in [0.29, 0.717) is 23.4 Å². The summed E-state index contributed by atoms with van der Waals surface area (Å²) in [6.45, 7) is 14.9. The molecule has 0 aliphatic heterocycles. The first-order valence-electron chi connectivity index (χ1n) is 9.82. The lowest BCUT2D eigenvalue weighted by atomic mass is 9.90. The second kappa shape index (κ2) is 8.75. The predicted octanol–water partition coefficient (Wildman–Crippen LogP) is 6.86. The zero-order valence-corrected chi connectivity index (χ0v) is 17.3. The molecule has 0 N–H and O–H groups in total. The van der Waals surface area contributed by atoms with Crippen LogP contribution in [0.2, 0.25) is 0 Å². The summed E-state index contributed by atoms with van der Waals surface area (Å²) in [6.07, 6.45) is 5.74. The number of rotatable bonds is 7. The van der Waals surface area contributed by atoms with E-state index < -0.39 is 0 Å². The van der Waals surface area contributed by atoms with Gasteiger partial charge in [0.15, 0.2) is 0 Å². The Morgan fingerprint density at radius 3 is 1.88 bits per heavy atom. The molecule has 0 saturated carbocycles. The highest BCUT2D eigenvalue weighted by Gasteiger charge is 2.17. The lowest BCUT2D eigenvalue weighted by molar-refractivity contribution is 0.522. The van der Waals surface area contributed by atoms with E-state index in [1.54, 1.807) is 6.07 Å². The van der Waals surface area contributed by atoms with Gasteiger partial charge in [0.2, 0.25) is 0 Å². The average Bonchev–Trinajstić information content (AvgIpc) is 2.58. The van der Waals surface area contributed by atoms with Gasteiger partial charge in [-0.15, -0.1) is 0 Å². The zero-order chi connectivity index (χ0) is 19.4. The highest BCUT2D eigenvalue weighted by atomic mass is 19.1. The lowest BCUT2D eigenvalue weighted by Gasteiger charge is -2.18. The first-order chi connectivity index (χ1) is 12.2. The Hall–Kier alpha value is -1.77. The molecule has 0 aromatic carbocycles. The molecule has 0 aliphatic carbocycles. The van der Waals surface area contributed by atoms with Gasteiger partial charge < -0.3 is 0 Å². The van der Waals surface area contributed by atoms with Crippen LogP contribution in [0.4, 0.5) is 4.39 Å². The summed E-state index contributed by atoms with van der Waals surface area (Å²) < 4.78 is 14.4. The summed E-state index contributed by atoms with van der Waals surface area (Å²) >= 11 is 0. The Bertz CT molecular complexity index is 737. The second-order valence-corrected chi connectivity index (χ2v) is 8.30. The van der Waals surface area contributed by atoms with E-state index in [-0.39, 0.29) is 11.7 Å². The molecule has 0 amide bonds. The minimum absolute atomic E-state index is 0.114. The fraction of sp³-hybridized carbons (Fsp3) is 0.565. The number of hydrogen-bond donors (Lipinski definition) is 0. The summed E-state index contributed by atoms with van der Waals surface area (Å²) in [5.74, 6) is 1.09. The maximum Gasteiger partial charge on any atom is 0.145 e. The Morgan fingerprint density at radius 1 is 0.769 bits per heavy atom. The van der Waals surface area contributed by atoms with Crippen LogP contribution in [0.3, 0.4) is 0 Å². The van der Waals surface area contributed by atoms with Gasteiger partial charge in [-0.2, -0.15) is 0 Å². The highest BCUT2D eigenvalue weighted by Crippen LogP contribution is 2.30. The molecule has 2 atom stereocenters. The summed E-state index contributed by atoms with van der Waals surface area (Å²) in [7, 11) is 0. The van der Waals surface area contributed by atoms with Crippen molar-refractivity contribution >= 4 is 0 Å². The molecule has 26 heavy (non-hydrogen) atoms. The van der Waals surface area contributed by atoms with Gasteiger partial charge in [-0.05, 0) is 60.3 Å². The number of aryl methyl sites for hydroxylation is 1. The molecule has 2 heterocycles. The van der Waals surface area contributed by atoms with Gasteiger partial charge in [-0.3, -0.25) is 9.97 Å². The minimum Gasteiger partial charge on any atom is -0.260 e. The molecule has 2 unspecified atom stereocenters. The molecule has 2 rings (SSSR count). The number of nitrogens with zero attached hydrogens (tertiary/aromatic N) is 2. The third-order valence-electron chi connectivity index (χ3n) is 5.31. The molecule has 0 radical (unpaired) electrons. The van der Waals surface area contributed by atoms with Crippen LogP contribution in [0.25, 0.3) is 0 Å². The monoisotopic (exact) mass is 356 g/mol. The molecular weight excluding hydrogens is 323 g/mol.